The molecular formula is C25H30FN7. The van der Waals surface area contributed by atoms with Gasteiger partial charge in [0.2, 0.25) is 5.95 Å². The third-order valence-electron chi connectivity index (χ3n) is 5.73. The van der Waals surface area contributed by atoms with Crippen LogP contribution in [0, 0.1) is 11.2 Å². The minimum absolute atomic E-state index is 0.154. The van der Waals surface area contributed by atoms with E-state index >= 15 is 0 Å². The quantitative estimate of drug-likeness (QED) is 0.297. The third-order valence-corrected chi connectivity index (χ3v) is 5.73. The number of nitrogens with zero attached hydrogens (tertiary/aromatic N) is 2. The number of hydrogen-bond acceptors (Lipinski definition) is 6. The molecule has 5 N–H and O–H groups in total. The number of benzene rings is 2. The maximum Gasteiger partial charge on any atom is 0.209 e. The summed E-state index contributed by atoms with van der Waals surface area (Å²) in [5.74, 6) is 1.45. The molecule has 0 unspecified atom stereocenters. The van der Waals surface area contributed by atoms with Crippen LogP contribution in [0.1, 0.15) is 30.1 Å². The first-order valence-electron chi connectivity index (χ1n) is 11.2. The van der Waals surface area contributed by atoms with Crippen LogP contribution in [0.5, 0.6) is 0 Å². The fraction of sp³-hybridized carbons (Fsp3) is 0.280. The van der Waals surface area contributed by atoms with E-state index in [1.807, 2.05) is 22.8 Å². The average Bonchev–Trinajstić information content (AvgIpc) is 3.18. The number of rotatable bonds is 10. The highest BCUT2D eigenvalue weighted by molar-refractivity contribution is 5.84. The van der Waals surface area contributed by atoms with Gasteiger partial charge in [-0.05, 0) is 50.0 Å². The standard InChI is InChI=1S/C25H30FN7/c1-18(29-16-11-19-7-3-2-4-8-19)30-24-23(17-27)32-25(31-22-10-6-5-9-21(22)26)33(24)20-12-14-28-15-13-20/h2-10,17,20,27-30H,1,11-16H2,(H,31,32). The zero-order valence-corrected chi connectivity index (χ0v) is 18.6. The number of imidazole rings is 1. The molecule has 1 aliphatic rings. The Kier molecular flexibility index (Phi) is 7.36. The predicted octanol–water partition coefficient (Wildman–Crippen LogP) is 4.40. The van der Waals surface area contributed by atoms with Crippen molar-refractivity contribution in [1.29, 1.82) is 5.41 Å². The van der Waals surface area contributed by atoms with Gasteiger partial charge in [0.05, 0.1) is 11.5 Å². The summed E-state index contributed by atoms with van der Waals surface area (Å²) in [5, 5.41) is 21.1. The molecule has 172 valence electrons. The molecule has 2 heterocycles. The highest BCUT2D eigenvalue weighted by atomic mass is 19.1. The van der Waals surface area contributed by atoms with Crippen molar-refractivity contribution in [2.24, 2.45) is 0 Å². The van der Waals surface area contributed by atoms with Crippen LogP contribution in [0.4, 0.5) is 21.8 Å². The van der Waals surface area contributed by atoms with Gasteiger partial charge in [0, 0.05) is 18.8 Å². The van der Waals surface area contributed by atoms with E-state index in [1.54, 1.807) is 18.2 Å². The second kappa shape index (κ2) is 10.8. The fourth-order valence-corrected chi connectivity index (χ4v) is 4.06. The number of hydrogen-bond donors (Lipinski definition) is 5. The summed E-state index contributed by atoms with van der Waals surface area (Å²) in [7, 11) is 0. The van der Waals surface area contributed by atoms with E-state index in [4.69, 9.17) is 5.41 Å². The van der Waals surface area contributed by atoms with Crippen LogP contribution < -0.4 is 21.3 Å². The van der Waals surface area contributed by atoms with Crippen LogP contribution >= 0.6 is 0 Å². The summed E-state index contributed by atoms with van der Waals surface area (Å²) in [5.41, 5.74) is 2.06. The molecule has 0 amide bonds. The number of anilines is 3. The van der Waals surface area contributed by atoms with Gasteiger partial charge >= 0.3 is 0 Å². The van der Waals surface area contributed by atoms with Crippen molar-refractivity contribution >= 4 is 23.7 Å². The molecule has 1 saturated heterocycles. The summed E-state index contributed by atoms with van der Waals surface area (Å²) in [6.45, 7) is 6.61. The number of para-hydroxylation sites is 1. The summed E-state index contributed by atoms with van der Waals surface area (Å²) in [6, 6.07) is 16.9. The van der Waals surface area contributed by atoms with Crippen molar-refractivity contribution in [3.05, 3.63) is 84.1 Å². The third kappa shape index (κ3) is 5.59. The van der Waals surface area contributed by atoms with Gasteiger partial charge in [0.15, 0.2) is 0 Å². The number of aromatic nitrogens is 2. The highest BCUT2D eigenvalue weighted by Crippen LogP contribution is 2.33. The van der Waals surface area contributed by atoms with Gasteiger partial charge in [-0.3, -0.25) is 4.57 Å². The molecule has 0 bridgehead atoms. The molecule has 0 atom stereocenters. The SMILES string of the molecule is C=C(NCCc1ccccc1)Nc1c(C=N)nc(Nc2ccccc2F)n1C1CCNCC1. The lowest BCUT2D eigenvalue weighted by Crippen LogP contribution is -2.31. The molecule has 1 fully saturated rings. The summed E-state index contributed by atoms with van der Waals surface area (Å²) >= 11 is 0. The molecule has 1 aliphatic heterocycles. The van der Waals surface area contributed by atoms with Crippen LogP contribution in [0.25, 0.3) is 0 Å². The van der Waals surface area contributed by atoms with Crippen molar-refractivity contribution in [1.82, 2.24) is 20.2 Å². The van der Waals surface area contributed by atoms with E-state index in [9.17, 15) is 4.39 Å². The Morgan fingerprint density at radius 1 is 1.15 bits per heavy atom. The first kappa shape index (κ1) is 22.5. The van der Waals surface area contributed by atoms with Gasteiger partial charge in [-0.25, -0.2) is 9.37 Å². The second-order valence-electron chi connectivity index (χ2n) is 8.04. The van der Waals surface area contributed by atoms with E-state index in [1.165, 1.54) is 17.8 Å². The topological polar surface area (TPSA) is 89.8 Å². The van der Waals surface area contributed by atoms with Gasteiger partial charge in [-0.15, -0.1) is 0 Å². The van der Waals surface area contributed by atoms with Crippen LogP contribution in [0.2, 0.25) is 0 Å². The zero-order chi connectivity index (χ0) is 23.0. The average molecular weight is 448 g/mol. The Hall–Kier alpha value is -3.65. The zero-order valence-electron chi connectivity index (χ0n) is 18.6. The molecular weight excluding hydrogens is 417 g/mol. The molecule has 0 aliphatic carbocycles. The Labute approximate surface area is 193 Å². The Bertz CT molecular complexity index is 1090. The van der Waals surface area contributed by atoms with E-state index < -0.39 is 0 Å². The minimum Gasteiger partial charge on any atom is -0.372 e. The first-order valence-corrected chi connectivity index (χ1v) is 11.2. The van der Waals surface area contributed by atoms with E-state index in [-0.39, 0.29) is 11.9 Å². The molecule has 3 aromatic rings. The molecule has 0 saturated carbocycles. The Balaban J connectivity index is 1.56. The van der Waals surface area contributed by atoms with Crippen molar-refractivity contribution in [2.45, 2.75) is 25.3 Å². The van der Waals surface area contributed by atoms with Crippen molar-refractivity contribution in [2.75, 3.05) is 30.3 Å². The summed E-state index contributed by atoms with van der Waals surface area (Å²) in [4.78, 5) is 4.61. The maximum atomic E-state index is 14.3. The highest BCUT2D eigenvalue weighted by Gasteiger charge is 2.25. The van der Waals surface area contributed by atoms with Gasteiger partial charge in [0.1, 0.15) is 17.3 Å². The monoisotopic (exact) mass is 447 g/mol. The Morgan fingerprint density at radius 3 is 2.61 bits per heavy atom. The van der Waals surface area contributed by atoms with E-state index in [0.717, 1.165) is 38.9 Å². The molecule has 1 aromatic heterocycles. The molecule has 33 heavy (non-hydrogen) atoms. The van der Waals surface area contributed by atoms with E-state index in [0.29, 0.717) is 29.0 Å². The van der Waals surface area contributed by atoms with Gasteiger partial charge < -0.3 is 26.7 Å². The van der Waals surface area contributed by atoms with Crippen molar-refractivity contribution in [3.63, 3.8) is 0 Å². The predicted molar refractivity (Wildman–Crippen MR) is 132 cm³/mol. The maximum absolute atomic E-state index is 14.3. The van der Waals surface area contributed by atoms with Crippen LogP contribution in [-0.2, 0) is 6.42 Å². The Morgan fingerprint density at radius 2 is 1.88 bits per heavy atom. The number of nitrogens with one attached hydrogen (secondary N) is 5. The second-order valence-corrected chi connectivity index (χ2v) is 8.04. The van der Waals surface area contributed by atoms with Gasteiger partial charge in [0.25, 0.3) is 0 Å². The van der Waals surface area contributed by atoms with Crippen LogP contribution in [-0.4, -0.2) is 35.4 Å². The van der Waals surface area contributed by atoms with Gasteiger partial charge in [-0.1, -0.05) is 49.0 Å². The minimum atomic E-state index is -0.352. The number of halogens is 1. The van der Waals surface area contributed by atoms with Crippen molar-refractivity contribution < 1.29 is 4.39 Å². The summed E-state index contributed by atoms with van der Waals surface area (Å²) in [6.07, 6.45) is 3.89. The molecule has 4 rings (SSSR count). The fourth-order valence-electron chi connectivity index (χ4n) is 4.06. The van der Waals surface area contributed by atoms with E-state index in [2.05, 4.69) is 45.0 Å². The lowest BCUT2D eigenvalue weighted by Gasteiger charge is -2.28. The molecule has 2 aromatic carbocycles. The van der Waals surface area contributed by atoms with Crippen LogP contribution in [0.15, 0.2) is 67.0 Å². The normalized spacial score (nSPS) is 14.0. The van der Waals surface area contributed by atoms with Gasteiger partial charge in [-0.2, -0.15) is 0 Å². The molecule has 8 heteroatoms. The molecule has 7 nitrogen and oxygen atoms in total. The lowest BCUT2D eigenvalue weighted by molar-refractivity contribution is 0.374. The van der Waals surface area contributed by atoms with Crippen LogP contribution in [0.3, 0.4) is 0 Å². The first-order chi connectivity index (χ1) is 16.2. The molecule has 0 radical (unpaired) electrons. The number of piperidine rings is 1. The lowest BCUT2D eigenvalue weighted by atomic mass is 10.1. The summed E-state index contributed by atoms with van der Waals surface area (Å²) < 4.78 is 16.4. The van der Waals surface area contributed by atoms with Crippen molar-refractivity contribution in [3.8, 4) is 0 Å². The molecule has 0 spiro atoms. The largest absolute Gasteiger partial charge is 0.372 e. The smallest absolute Gasteiger partial charge is 0.209 e.